The Hall–Kier alpha value is -2.10. The number of hydrogen-bond donors (Lipinski definition) is 2. The predicted molar refractivity (Wildman–Crippen MR) is 121 cm³/mol. The third-order valence-electron chi connectivity index (χ3n) is 5.55. The van der Waals surface area contributed by atoms with Gasteiger partial charge in [-0.05, 0) is 43.7 Å². The third-order valence-corrected chi connectivity index (χ3v) is 5.78. The summed E-state index contributed by atoms with van der Waals surface area (Å²) in [6, 6.07) is 14.7. The highest BCUT2D eigenvalue weighted by atomic mass is 35.5. The fourth-order valence-corrected chi connectivity index (χ4v) is 3.95. The molecule has 2 aromatic carbocycles. The second-order valence-corrected chi connectivity index (χ2v) is 8.91. The fraction of sp³-hybridized carbons (Fsp3) is 0.375. The van der Waals surface area contributed by atoms with Gasteiger partial charge in [-0.15, -0.1) is 0 Å². The van der Waals surface area contributed by atoms with E-state index < -0.39 is 0 Å². The van der Waals surface area contributed by atoms with Crippen LogP contribution >= 0.6 is 11.6 Å². The van der Waals surface area contributed by atoms with Crippen LogP contribution in [0.25, 0.3) is 6.08 Å². The summed E-state index contributed by atoms with van der Waals surface area (Å²) in [5.41, 5.74) is 6.00. The summed E-state index contributed by atoms with van der Waals surface area (Å²) in [6.07, 6.45) is 5.62. The molecule has 0 saturated carbocycles. The van der Waals surface area contributed by atoms with E-state index >= 15 is 0 Å². The van der Waals surface area contributed by atoms with Crippen molar-refractivity contribution in [1.29, 1.82) is 0 Å². The van der Waals surface area contributed by atoms with E-state index in [1.165, 1.54) is 40.4 Å². The van der Waals surface area contributed by atoms with Crippen LogP contribution in [0.15, 0.2) is 48.5 Å². The van der Waals surface area contributed by atoms with E-state index in [4.69, 9.17) is 11.6 Å². The number of hydrogen-bond acceptors (Lipinski definition) is 1. The first kappa shape index (κ1) is 20.6. The zero-order chi connectivity index (χ0) is 20.3. The number of para-hydroxylation sites is 1. The lowest BCUT2D eigenvalue weighted by molar-refractivity contribution is -0.858. The van der Waals surface area contributed by atoms with Gasteiger partial charge in [0.15, 0.2) is 5.71 Å². The van der Waals surface area contributed by atoms with Gasteiger partial charge in [-0.3, -0.25) is 0 Å². The summed E-state index contributed by atoms with van der Waals surface area (Å²) in [4.78, 5) is 7.42. The van der Waals surface area contributed by atoms with Gasteiger partial charge in [0.1, 0.15) is 0 Å². The summed E-state index contributed by atoms with van der Waals surface area (Å²) < 4.78 is 0. The molecule has 0 aliphatic carbocycles. The molecular formula is C24H32ClN3+2. The van der Waals surface area contributed by atoms with Crippen molar-refractivity contribution in [1.82, 2.24) is 0 Å². The van der Waals surface area contributed by atoms with Gasteiger partial charge in [0.2, 0.25) is 5.69 Å². The monoisotopic (exact) mass is 397 g/mol. The molecule has 0 fully saturated rings. The molecule has 0 aromatic heterocycles. The molecule has 1 heterocycles. The first-order valence-corrected chi connectivity index (χ1v) is 10.4. The van der Waals surface area contributed by atoms with E-state index in [2.05, 4.69) is 93.4 Å². The molecule has 1 aliphatic heterocycles. The standard InChI is InChI=1S/C24H30ClN3/c1-24(2)20-17-19(25)12-13-21(20)26-23(24)14-11-18-9-6-7-10-22(18)28(5)16-8-15-27(3)4/h6-7,9-14,17H,8,15-16H2,1-5H3/p+2/b14-11+. The van der Waals surface area contributed by atoms with E-state index in [1.807, 2.05) is 6.07 Å². The maximum Gasteiger partial charge on any atom is 0.208 e. The maximum absolute atomic E-state index is 6.23. The van der Waals surface area contributed by atoms with Gasteiger partial charge >= 0.3 is 0 Å². The number of quaternary nitrogens is 1. The highest BCUT2D eigenvalue weighted by Gasteiger charge is 2.39. The Morgan fingerprint density at radius 2 is 1.86 bits per heavy atom. The van der Waals surface area contributed by atoms with Gasteiger partial charge in [-0.2, -0.15) is 0 Å². The van der Waals surface area contributed by atoms with Crippen molar-refractivity contribution in [2.45, 2.75) is 25.7 Å². The smallest absolute Gasteiger partial charge is 0.208 e. The first-order valence-electron chi connectivity index (χ1n) is 10.0. The van der Waals surface area contributed by atoms with Gasteiger partial charge in [-0.25, -0.2) is 4.99 Å². The minimum absolute atomic E-state index is 0.0912. The van der Waals surface area contributed by atoms with Crippen LogP contribution in [0.3, 0.4) is 0 Å². The van der Waals surface area contributed by atoms with E-state index in [0.717, 1.165) is 17.3 Å². The van der Waals surface area contributed by atoms with Crippen molar-refractivity contribution < 1.29 is 9.89 Å². The fourth-order valence-electron chi connectivity index (χ4n) is 3.78. The second-order valence-electron chi connectivity index (χ2n) is 8.48. The number of allylic oxidation sites excluding steroid dienone is 1. The highest BCUT2D eigenvalue weighted by Crippen LogP contribution is 2.34. The molecular weight excluding hydrogens is 366 g/mol. The van der Waals surface area contributed by atoms with Gasteiger partial charge < -0.3 is 9.80 Å². The Balaban J connectivity index is 1.80. The lowest BCUT2D eigenvalue weighted by atomic mass is 9.81. The van der Waals surface area contributed by atoms with Gasteiger partial charge in [0, 0.05) is 48.4 Å². The number of anilines is 1. The summed E-state index contributed by atoms with van der Waals surface area (Å²) in [6.45, 7) is 6.71. The van der Waals surface area contributed by atoms with Crippen molar-refractivity contribution in [2.24, 2.45) is 0 Å². The van der Waals surface area contributed by atoms with Crippen molar-refractivity contribution in [3.63, 3.8) is 0 Å². The third kappa shape index (κ3) is 4.48. The summed E-state index contributed by atoms with van der Waals surface area (Å²) >= 11 is 6.23. The van der Waals surface area contributed by atoms with Gasteiger partial charge in [0.25, 0.3) is 0 Å². The van der Waals surface area contributed by atoms with Crippen molar-refractivity contribution >= 4 is 34.8 Å². The SMILES string of the molecule is CN(CCC[NH+](C)C)c1ccccc1/C=C/C1=[NH+]c2ccc(Cl)cc2C1(C)C. The predicted octanol–water partition coefficient (Wildman–Crippen LogP) is 2.47. The molecule has 0 unspecified atom stereocenters. The molecule has 0 atom stereocenters. The van der Waals surface area contributed by atoms with E-state index in [1.54, 1.807) is 0 Å². The number of halogens is 1. The van der Waals surface area contributed by atoms with Crippen molar-refractivity contribution in [2.75, 3.05) is 39.1 Å². The molecule has 3 nitrogen and oxygen atoms in total. The molecule has 0 spiro atoms. The Morgan fingerprint density at radius 1 is 1.11 bits per heavy atom. The largest absolute Gasteiger partial charge is 0.374 e. The summed E-state index contributed by atoms with van der Waals surface area (Å²) in [7, 11) is 6.59. The molecule has 2 aromatic rings. The van der Waals surface area contributed by atoms with Crippen LogP contribution in [0.1, 0.15) is 31.4 Å². The van der Waals surface area contributed by atoms with Crippen LogP contribution in [0.2, 0.25) is 5.02 Å². The quantitative estimate of drug-likeness (QED) is 0.736. The molecule has 4 heteroatoms. The molecule has 0 amide bonds. The minimum Gasteiger partial charge on any atom is -0.374 e. The first-order chi connectivity index (χ1) is 13.3. The Bertz CT molecular complexity index is 896. The second kappa shape index (κ2) is 8.50. The number of benzene rings is 2. The van der Waals surface area contributed by atoms with E-state index in [9.17, 15) is 0 Å². The minimum atomic E-state index is -0.0912. The average molecular weight is 398 g/mol. The lowest BCUT2D eigenvalue weighted by Gasteiger charge is -2.22. The molecule has 3 rings (SSSR count). The normalized spacial score (nSPS) is 15.2. The lowest BCUT2D eigenvalue weighted by Crippen LogP contribution is -3.05. The van der Waals surface area contributed by atoms with E-state index in [-0.39, 0.29) is 5.41 Å². The van der Waals surface area contributed by atoms with Crippen LogP contribution in [0.5, 0.6) is 0 Å². The van der Waals surface area contributed by atoms with Crippen molar-refractivity contribution in [3.8, 4) is 0 Å². The van der Waals surface area contributed by atoms with E-state index in [0.29, 0.717) is 0 Å². The molecule has 0 radical (unpaired) electrons. The zero-order valence-corrected chi connectivity index (χ0v) is 18.4. The zero-order valence-electron chi connectivity index (χ0n) is 17.6. The average Bonchev–Trinajstić information content (AvgIpc) is 2.90. The maximum atomic E-state index is 6.23. The molecule has 1 aliphatic rings. The number of fused-ring (bicyclic) bond motifs is 1. The molecule has 148 valence electrons. The topological polar surface area (TPSA) is 21.7 Å². The Morgan fingerprint density at radius 3 is 2.61 bits per heavy atom. The van der Waals surface area contributed by atoms with Gasteiger partial charge in [0.05, 0.1) is 26.1 Å². The number of rotatable bonds is 7. The molecule has 2 N–H and O–H groups in total. The number of nitrogens with one attached hydrogen (secondary N) is 2. The van der Waals surface area contributed by atoms with Crippen molar-refractivity contribution in [3.05, 3.63) is 64.7 Å². The molecule has 28 heavy (non-hydrogen) atoms. The molecule has 0 saturated heterocycles. The van der Waals surface area contributed by atoms with Crippen LogP contribution in [-0.4, -0.2) is 39.9 Å². The highest BCUT2D eigenvalue weighted by molar-refractivity contribution is 6.30. The van der Waals surface area contributed by atoms with Crippen LogP contribution in [0.4, 0.5) is 11.4 Å². The number of nitrogens with zero attached hydrogens (tertiary/aromatic N) is 1. The summed E-state index contributed by atoms with van der Waals surface area (Å²) in [5.74, 6) is 0. The van der Waals surface area contributed by atoms with Crippen LogP contribution < -0.4 is 14.8 Å². The molecule has 0 bridgehead atoms. The van der Waals surface area contributed by atoms with Crippen LogP contribution in [-0.2, 0) is 5.41 Å². The Labute approximate surface area is 174 Å². The summed E-state index contributed by atoms with van der Waals surface area (Å²) in [5, 5.41) is 0.783. The van der Waals surface area contributed by atoms with Gasteiger partial charge in [-0.1, -0.05) is 29.8 Å². The Kier molecular flexibility index (Phi) is 6.26. The van der Waals surface area contributed by atoms with Crippen LogP contribution in [0, 0.1) is 0 Å².